The lowest BCUT2D eigenvalue weighted by Crippen LogP contribution is -2.16. The topological polar surface area (TPSA) is 47.0 Å². The molecule has 0 radical (unpaired) electrons. The average molecular weight is 404 g/mol. The predicted molar refractivity (Wildman–Crippen MR) is 121 cm³/mol. The summed E-state index contributed by atoms with van der Waals surface area (Å²) in [5.74, 6) is 2.45. The van der Waals surface area contributed by atoms with Gasteiger partial charge in [0.2, 0.25) is 0 Å². The fourth-order valence-corrected chi connectivity index (χ4v) is 5.02. The zero-order valence-electron chi connectivity index (χ0n) is 16.6. The van der Waals surface area contributed by atoms with E-state index in [1.165, 1.54) is 37.7 Å². The number of hydrogen-bond donors (Lipinski definition) is 1. The fourth-order valence-electron chi connectivity index (χ4n) is 4.11. The highest BCUT2D eigenvalue weighted by Crippen LogP contribution is 2.34. The van der Waals surface area contributed by atoms with Crippen LogP contribution in [0.4, 0.5) is 5.13 Å². The molecular weight excluding hydrogens is 378 g/mol. The fraction of sp³-hybridized carbons (Fsp3) is 0.333. The molecule has 1 aliphatic carbocycles. The van der Waals surface area contributed by atoms with Crippen LogP contribution in [0, 0.1) is 12.8 Å². The minimum absolute atomic E-state index is 0.790. The van der Waals surface area contributed by atoms with Crippen LogP contribution < -0.4 is 10.1 Å². The van der Waals surface area contributed by atoms with Crippen LogP contribution in [0.25, 0.3) is 21.1 Å². The maximum atomic E-state index is 6.22. The number of aryl methyl sites for hydroxylation is 1. The predicted octanol–water partition coefficient (Wildman–Crippen LogP) is 6.94. The van der Waals surface area contributed by atoms with Crippen LogP contribution in [0.2, 0.25) is 0 Å². The van der Waals surface area contributed by atoms with Gasteiger partial charge in [0, 0.05) is 24.2 Å². The second kappa shape index (κ2) is 7.99. The SMILES string of the molecule is Cc1ccc2c(Oc3ccc4nc(NCC5CCCCC5)sc4c3)ccnc2c1. The summed E-state index contributed by atoms with van der Waals surface area (Å²) in [6.07, 6.45) is 8.62. The van der Waals surface area contributed by atoms with Crippen molar-refractivity contribution in [2.24, 2.45) is 5.92 Å². The summed E-state index contributed by atoms with van der Waals surface area (Å²) in [6, 6.07) is 14.3. The standard InChI is InChI=1S/C24H25N3OS/c1-16-7-9-19-21(13-16)25-12-11-22(19)28-18-8-10-20-23(14-18)29-24(27-20)26-15-17-5-3-2-4-6-17/h7-14,17H,2-6,15H2,1H3,(H,26,27). The molecule has 0 saturated heterocycles. The van der Waals surface area contributed by atoms with Crippen molar-refractivity contribution in [3.8, 4) is 11.5 Å². The maximum Gasteiger partial charge on any atom is 0.183 e. The summed E-state index contributed by atoms with van der Waals surface area (Å²) in [7, 11) is 0. The summed E-state index contributed by atoms with van der Waals surface area (Å²) >= 11 is 1.70. The summed E-state index contributed by atoms with van der Waals surface area (Å²) in [4.78, 5) is 9.21. The molecule has 4 nitrogen and oxygen atoms in total. The van der Waals surface area contributed by atoms with Gasteiger partial charge in [0.05, 0.1) is 15.7 Å². The number of ether oxygens (including phenoxy) is 1. The summed E-state index contributed by atoms with van der Waals surface area (Å²) < 4.78 is 7.36. The smallest absolute Gasteiger partial charge is 0.183 e. The number of rotatable bonds is 5. The number of pyridine rings is 1. The van der Waals surface area contributed by atoms with E-state index in [-0.39, 0.29) is 0 Å². The van der Waals surface area contributed by atoms with Gasteiger partial charge in [-0.15, -0.1) is 0 Å². The molecule has 0 unspecified atom stereocenters. The van der Waals surface area contributed by atoms with Crippen molar-refractivity contribution >= 4 is 37.6 Å². The van der Waals surface area contributed by atoms with Gasteiger partial charge in [-0.25, -0.2) is 4.98 Å². The van der Waals surface area contributed by atoms with Crippen molar-refractivity contribution in [3.05, 3.63) is 54.2 Å². The Kier molecular flexibility index (Phi) is 5.06. The third kappa shape index (κ3) is 4.06. The first-order valence-corrected chi connectivity index (χ1v) is 11.2. The van der Waals surface area contributed by atoms with E-state index in [1.807, 2.05) is 18.2 Å². The van der Waals surface area contributed by atoms with Crippen LogP contribution in [0.1, 0.15) is 37.7 Å². The number of fused-ring (bicyclic) bond motifs is 2. The largest absolute Gasteiger partial charge is 0.457 e. The zero-order valence-corrected chi connectivity index (χ0v) is 17.5. The van der Waals surface area contributed by atoms with Gasteiger partial charge in [0.25, 0.3) is 0 Å². The molecule has 1 saturated carbocycles. The highest BCUT2D eigenvalue weighted by Gasteiger charge is 2.14. The van der Waals surface area contributed by atoms with E-state index in [9.17, 15) is 0 Å². The quantitative estimate of drug-likeness (QED) is 0.392. The van der Waals surface area contributed by atoms with Gasteiger partial charge in [-0.1, -0.05) is 36.7 Å². The Bertz CT molecular complexity index is 1150. The lowest BCUT2D eigenvalue weighted by atomic mass is 9.89. The Labute approximate surface area is 175 Å². The highest BCUT2D eigenvalue weighted by atomic mass is 32.1. The van der Waals surface area contributed by atoms with Crippen molar-refractivity contribution in [2.45, 2.75) is 39.0 Å². The summed E-state index contributed by atoms with van der Waals surface area (Å²) in [6.45, 7) is 3.11. The molecule has 2 aromatic heterocycles. The minimum Gasteiger partial charge on any atom is -0.457 e. The van der Waals surface area contributed by atoms with E-state index in [1.54, 1.807) is 17.5 Å². The van der Waals surface area contributed by atoms with Crippen LogP contribution in [-0.4, -0.2) is 16.5 Å². The van der Waals surface area contributed by atoms with Crippen LogP contribution in [-0.2, 0) is 0 Å². The Hall–Kier alpha value is -2.66. The van der Waals surface area contributed by atoms with E-state index in [0.717, 1.165) is 50.2 Å². The maximum absolute atomic E-state index is 6.22. The molecule has 5 heteroatoms. The van der Waals surface area contributed by atoms with Gasteiger partial charge in [-0.2, -0.15) is 0 Å². The van der Waals surface area contributed by atoms with Crippen LogP contribution in [0.15, 0.2) is 48.7 Å². The van der Waals surface area contributed by atoms with Gasteiger partial charge < -0.3 is 10.1 Å². The number of nitrogens with one attached hydrogen (secondary N) is 1. The molecule has 5 rings (SSSR count). The number of nitrogens with zero attached hydrogens (tertiary/aromatic N) is 2. The molecule has 0 amide bonds. The average Bonchev–Trinajstić information content (AvgIpc) is 3.15. The van der Waals surface area contributed by atoms with E-state index in [4.69, 9.17) is 9.72 Å². The summed E-state index contributed by atoms with van der Waals surface area (Å²) in [5, 5.41) is 5.59. The van der Waals surface area contributed by atoms with E-state index >= 15 is 0 Å². The molecule has 2 heterocycles. The third-order valence-electron chi connectivity index (χ3n) is 5.71. The second-order valence-corrected chi connectivity index (χ2v) is 9.00. The second-order valence-electron chi connectivity index (χ2n) is 7.97. The molecule has 0 atom stereocenters. The van der Waals surface area contributed by atoms with Gasteiger partial charge in [-0.3, -0.25) is 4.98 Å². The summed E-state index contributed by atoms with van der Waals surface area (Å²) in [5.41, 5.74) is 3.17. The Morgan fingerprint density at radius 3 is 2.83 bits per heavy atom. The van der Waals surface area contributed by atoms with Crippen molar-refractivity contribution in [1.29, 1.82) is 0 Å². The van der Waals surface area contributed by atoms with E-state index in [2.05, 4.69) is 41.5 Å². The lowest BCUT2D eigenvalue weighted by molar-refractivity contribution is 0.373. The minimum atomic E-state index is 0.790. The highest BCUT2D eigenvalue weighted by molar-refractivity contribution is 7.22. The number of aromatic nitrogens is 2. The van der Waals surface area contributed by atoms with Crippen LogP contribution >= 0.6 is 11.3 Å². The molecule has 148 valence electrons. The van der Waals surface area contributed by atoms with Crippen molar-refractivity contribution in [3.63, 3.8) is 0 Å². The third-order valence-corrected chi connectivity index (χ3v) is 6.69. The first kappa shape index (κ1) is 18.4. The molecule has 0 aliphatic heterocycles. The molecule has 0 spiro atoms. The Morgan fingerprint density at radius 2 is 1.93 bits per heavy atom. The molecule has 29 heavy (non-hydrogen) atoms. The van der Waals surface area contributed by atoms with Gasteiger partial charge >= 0.3 is 0 Å². The number of anilines is 1. The van der Waals surface area contributed by atoms with Crippen LogP contribution in [0.3, 0.4) is 0 Å². The van der Waals surface area contributed by atoms with Gasteiger partial charge in [0.1, 0.15) is 11.5 Å². The molecule has 1 N–H and O–H groups in total. The monoisotopic (exact) mass is 403 g/mol. The number of thiazole rings is 1. The Balaban J connectivity index is 1.35. The lowest BCUT2D eigenvalue weighted by Gasteiger charge is -2.21. The number of benzene rings is 2. The zero-order chi connectivity index (χ0) is 19.6. The van der Waals surface area contributed by atoms with Crippen molar-refractivity contribution in [1.82, 2.24) is 9.97 Å². The van der Waals surface area contributed by atoms with E-state index in [0.29, 0.717) is 0 Å². The van der Waals surface area contributed by atoms with Gasteiger partial charge in [-0.05, 0) is 61.6 Å². The molecule has 4 aromatic rings. The van der Waals surface area contributed by atoms with E-state index < -0.39 is 0 Å². The van der Waals surface area contributed by atoms with Crippen LogP contribution in [0.5, 0.6) is 11.5 Å². The normalized spacial score (nSPS) is 15.1. The molecule has 1 aliphatic rings. The first-order valence-electron chi connectivity index (χ1n) is 10.4. The molecular formula is C24H25N3OS. The van der Waals surface area contributed by atoms with Gasteiger partial charge in [0.15, 0.2) is 5.13 Å². The Morgan fingerprint density at radius 1 is 1.03 bits per heavy atom. The van der Waals surface area contributed by atoms with Crippen molar-refractivity contribution < 1.29 is 4.74 Å². The number of hydrogen-bond acceptors (Lipinski definition) is 5. The molecule has 0 bridgehead atoms. The molecule has 1 fully saturated rings. The first-order chi connectivity index (χ1) is 14.2. The molecule has 2 aromatic carbocycles. The van der Waals surface area contributed by atoms with Crippen molar-refractivity contribution in [2.75, 3.05) is 11.9 Å².